The number of hydrogen-bond acceptors (Lipinski definition) is 7. The first-order valence-electron chi connectivity index (χ1n) is 9.15. The maximum Gasteiger partial charge on any atom is 0.344 e. The molecule has 156 valence electrons. The Morgan fingerprint density at radius 1 is 1.07 bits per heavy atom. The second kappa shape index (κ2) is 9.77. The standard InChI is InChI=1S/C21H25NO7/c1-6-27-15-9-7-8-10-16(15)28-11-17(23)29-14(4)20(24)19-12(2)18(13(3)22-19)21(25)26-5/h7-10,14,22H,6,11H2,1-5H3/t14-/m0/s1. The molecule has 0 spiro atoms. The predicted molar refractivity (Wildman–Crippen MR) is 105 cm³/mol. The zero-order valence-corrected chi connectivity index (χ0v) is 17.2. The van der Waals surface area contributed by atoms with E-state index in [1.54, 1.807) is 38.1 Å². The van der Waals surface area contributed by atoms with E-state index >= 15 is 0 Å². The van der Waals surface area contributed by atoms with Crippen LogP contribution in [0.5, 0.6) is 11.5 Å². The molecule has 8 heteroatoms. The van der Waals surface area contributed by atoms with Gasteiger partial charge in [0.05, 0.1) is 25.0 Å². The Morgan fingerprint density at radius 3 is 2.28 bits per heavy atom. The maximum atomic E-state index is 12.7. The molecule has 0 bridgehead atoms. The van der Waals surface area contributed by atoms with E-state index in [-0.39, 0.29) is 12.3 Å². The van der Waals surface area contributed by atoms with Crippen LogP contribution in [0.1, 0.15) is 46.0 Å². The molecule has 2 aromatic rings. The molecule has 2 rings (SSSR count). The fraction of sp³-hybridized carbons (Fsp3) is 0.381. The molecule has 0 amide bonds. The summed E-state index contributed by atoms with van der Waals surface area (Å²) in [7, 11) is 1.27. The molecule has 0 saturated carbocycles. The van der Waals surface area contributed by atoms with E-state index in [4.69, 9.17) is 18.9 Å². The maximum absolute atomic E-state index is 12.7. The Labute approximate surface area is 169 Å². The number of carbonyl (C=O) groups excluding carboxylic acids is 3. The largest absolute Gasteiger partial charge is 0.490 e. The topological polar surface area (TPSA) is 104 Å². The molecule has 1 aromatic carbocycles. The number of methoxy groups -OCH3 is 1. The molecule has 8 nitrogen and oxygen atoms in total. The molecule has 0 aliphatic carbocycles. The summed E-state index contributed by atoms with van der Waals surface area (Å²) >= 11 is 0. The fourth-order valence-corrected chi connectivity index (χ4v) is 2.87. The molecule has 0 radical (unpaired) electrons. The Morgan fingerprint density at radius 2 is 1.69 bits per heavy atom. The van der Waals surface area contributed by atoms with Gasteiger partial charge in [0, 0.05) is 5.69 Å². The van der Waals surface area contributed by atoms with Crippen molar-refractivity contribution < 1.29 is 33.3 Å². The van der Waals surface area contributed by atoms with Gasteiger partial charge < -0.3 is 23.9 Å². The summed E-state index contributed by atoms with van der Waals surface area (Å²) in [6.45, 7) is 6.68. The normalized spacial score (nSPS) is 11.5. The summed E-state index contributed by atoms with van der Waals surface area (Å²) in [5, 5.41) is 0. The second-order valence-electron chi connectivity index (χ2n) is 6.28. The zero-order valence-electron chi connectivity index (χ0n) is 17.2. The van der Waals surface area contributed by atoms with Crippen molar-refractivity contribution >= 4 is 17.7 Å². The number of benzene rings is 1. The SMILES string of the molecule is CCOc1ccccc1OCC(=O)O[C@@H](C)C(=O)c1[nH]c(C)c(C(=O)OC)c1C. The highest BCUT2D eigenvalue weighted by atomic mass is 16.6. The van der Waals surface area contributed by atoms with Crippen LogP contribution in [0.4, 0.5) is 0 Å². The first-order chi connectivity index (χ1) is 13.8. The Kier molecular flexibility index (Phi) is 7.41. The lowest BCUT2D eigenvalue weighted by Gasteiger charge is -2.14. The average molecular weight is 403 g/mol. The molecule has 0 aliphatic heterocycles. The summed E-state index contributed by atoms with van der Waals surface area (Å²) in [6, 6.07) is 6.95. The third-order valence-corrected chi connectivity index (χ3v) is 4.25. The van der Waals surface area contributed by atoms with Crippen molar-refractivity contribution in [1.82, 2.24) is 4.98 Å². The van der Waals surface area contributed by atoms with Crippen molar-refractivity contribution in [3.63, 3.8) is 0 Å². The van der Waals surface area contributed by atoms with Gasteiger partial charge in [-0.15, -0.1) is 0 Å². The summed E-state index contributed by atoms with van der Waals surface area (Å²) in [4.78, 5) is 39.5. The number of ether oxygens (including phenoxy) is 4. The quantitative estimate of drug-likeness (QED) is 0.507. The number of hydrogen-bond donors (Lipinski definition) is 1. The second-order valence-corrected chi connectivity index (χ2v) is 6.28. The van der Waals surface area contributed by atoms with E-state index in [2.05, 4.69) is 4.98 Å². The van der Waals surface area contributed by atoms with Gasteiger partial charge >= 0.3 is 11.9 Å². The Balaban J connectivity index is 2.01. The number of aromatic nitrogens is 1. The van der Waals surface area contributed by atoms with Crippen LogP contribution in [-0.2, 0) is 14.3 Å². The van der Waals surface area contributed by atoms with Gasteiger partial charge in [0.25, 0.3) is 0 Å². The van der Waals surface area contributed by atoms with Crippen molar-refractivity contribution in [2.24, 2.45) is 0 Å². The van der Waals surface area contributed by atoms with Crippen LogP contribution >= 0.6 is 0 Å². The smallest absolute Gasteiger partial charge is 0.344 e. The van der Waals surface area contributed by atoms with Crippen LogP contribution in [0.3, 0.4) is 0 Å². The Hall–Kier alpha value is -3.29. The molecule has 0 unspecified atom stereocenters. The van der Waals surface area contributed by atoms with Crippen molar-refractivity contribution in [2.75, 3.05) is 20.3 Å². The van der Waals surface area contributed by atoms with Crippen LogP contribution < -0.4 is 9.47 Å². The molecule has 0 aliphatic rings. The number of para-hydroxylation sites is 2. The first-order valence-corrected chi connectivity index (χ1v) is 9.15. The minimum Gasteiger partial charge on any atom is -0.490 e. The number of aromatic amines is 1. The van der Waals surface area contributed by atoms with Crippen LogP contribution in [0, 0.1) is 13.8 Å². The lowest BCUT2D eigenvalue weighted by Crippen LogP contribution is -2.28. The molecular weight excluding hydrogens is 378 g/mol. The van der Waals surface area contributed by atoms with Crippen molar-refractivity contribution in [3.8, 4) is 11.5 Å². The number of nitrogens with one attached hydrogen (secondary N) is 1. The van der Waals surface area contributed by atoms with Gasteiger partial charge in [0.15, 0.2) is 24.2 Å². The van der Waals surface area contributed by atoms with Gasteiger partial charge in [0.2, 0.25) is 5.78 Å². The number of aryl methyl sites for hydroxylation is 1. The molecular formula is C21H25NO7. The first kappa shape index (κ1) is 22.0. The molecule has 1 N–H and O–H groups in total. The number of H-pyrrole nitrogens is 1. The highest BCUT2D eigenvalue weighted by Gasteiger charge is 2.27. The number of esters is 2. The fourth-order valence-electron chi connectivity index (χ4n) is 2.87. The summed E-state index contributed by atoms with van der Waals surface area (Å²) in [6.07, 6.45) is -1.06. The number of ketones is 1. The highest BCUT2D eigenvalue weighted by Crippen LogP contribution is 2.26. The number of rotatable bonds is 9. The Bertz CT molecular complexity index is 900. The lowest BCUT2D eigenvalue weighted by atomic mass is 10.1. The number of carbonyl (C=O) groups is 3. The van der Waals surface area contributed by atoms with E-state index in [1.807, 2.05) is 6.92 Å². The van der Waals surface area contributed by atoms with E-state index in [9.17, 15) is 14.4 Å². The van der Waals surface area contributed by atoms with Gasteiger partial charge in [-0.25, -0.2) is 9.59 Å². The van der Waals surface area contributed by atoms with E-state index in [0.29, 0.717) is 34.9 Å². The van der Waals surface area contributed by atoms with Gasteiger partial charge in [-0.05, 0) is 45.4 Å². The third kappa shape index (κ3) is 5.16. The summed E-state index contributed by atoms with van der Waals surface area (Å²) in [5.41, 5.74) is 1.45. The third-order valence-electron chi connectivity index (χ3n) is 4.25. The van der Waals surface area contributed by atoms with Crippen molar-refractivity contribution in [1.29, 1.82) is 0 Å². The van der Waals surface area contributed by atoms with Gasteiger partial charge in [-0.3, -0.25) is 4.79 Å². The number of Topliss-reactive ketones (excluding diaryl/α,β-unsaturated/α-hetero) is 1. The van der Waals surface area contributed by atoms with Gasteiger partial charge in [-0.1, -0.05) is 12.1 Å². The van der Waals surface area contributed by atoms with Crippen molar-refractivity contribution in [2.45, 2.75) is 33.8 Å². The van der Waals surface area contributed by atoms with E-state index in [0.717, 1.165) is 0 Å². The van der Waals surface area contributed by atoms with Gasteiger partial charge in [0.1, 0.15) is 0 Å². The van der Waals surface area contributed by atoms with Crippen LogP contribution in [-0.4, -0.2) is 49.1 Å². The van der Waals surface area contributed by atoms with Crippen LogP contribution in [0.15, 0.2) is 24.3 Å². The summed E-state index contributed by atoms with van der Waals surface area (Å²) < 4.78 is 20.8. The minimum atomic E-state index is -1.06. The highest BCUT2D eigenvalue weighted by molar-refractivity contribution is 6.03. The molecule has 1 atom stereocenters. The molecule has 29 heavy (non-hydrogen) atoms. The lowest BCUT2D eigenvalue weighted by molar-refractivity contribution is -0.148. The van der Waals surface area contributed by atoms with Gasteiger partial charge in [-0.2, -0.15) is 0 Å². The summed E-state index contributed by atoms with van der Waals surface area (Å²) in [5.74, 6) is -0.778. The predicted octanol–water partition coefficient (Wildman–Crippen LogP) is 3.01. The van der Waals surface area contributed by atoms with E-state index in [1.165, 1.54) is 14.0 Å². The molecule has 1 aromatic heterocycles. The van der Waals surface area contributed by atoms with E-state index < -0.39 is 23.8 Å². The average Bonchev–Trinajstić information content (AvgIpc) is 3.00. The monoisotopic (exact) mass is 403 g/mol. The molecule has 1 heterocycles. The van der Waals surface area contributed by atoms with Crippen LogP contribution in [0.25, 0.3) is 0 Å². The van der Waals surface area contributed by atoms with Crippen LogP contribution in [0.2, 0.25) is 0 Å². The molecule has 0 saturated heterocycles. The minimum absolute atomic E-state index is 0.200. The zero-order chi connectivity index (χ0) is 21.6. The van der Waals surface area contributed by atoms with Crippen molar-refractivity contribution in [3.05, 3.63) is 46.8 Å². The molecule has 0 fully saturated rings.